The molecular formula is C26H31F2N5O5. The van der Waals surface area contributed by atoms with E-state index in [1.807, 2.05) is 0 Å². The van der Waals surface area contributed by atoms with Crippen LogP contribution in [-0.4, -0.2) is 56.5 Å². The van der Waals surface area contributed by atoms with Crippen molar-refractivity contribution in [1.82, 2.24) is 25.1 Å². The first-order valence-electron chi connectivity index (χ1n) is 12.7. The van der Waals surface area contributed by atoms with E-state index in [9.17, 15) is 33.1 Å². The second-order valence-electron chi connectivity index (χ2n) is 9.84. The highest BCUT2D eigenvalue weighted by molar-refractivity contribution is 6.35. The zero-order chi connectivity index (χ0) is 27.6. The van der Waals surface area contributed by atoms with Gasteiger partial charge < -0.3 is 20.6 Å². The molecule has 3 N–H and O–H groups in total. The van der Waals surface area contributed by atoms with Crippen LogP contribution in [0.15, 0.2) is 23.0 Å². The molecule has 1 saturated heterocycles. The van der Waals surface area contributed by atoms with Gasteiger partial charge in [0.05, 0.1) is 12.1 Å². The van der Waals surface area contributed by atoms with E-state index in [0.29, 0.717) is 30.4 Å². The lowest BCUT2D eigenvalue weighted by molar-refractivity contribution is -0.146. The van der Waals surface area contributed by atoms with Crippen LogP contribution in [0.25, 0.3) is 0 Å². The Kier molecular flexibility index (Phi) is 7.79. The minimum absolute atomic E-state index is 0.00491. The van der Waals surface area contributed by atoms with Crippen LogP contribution in [0.4, 0.5) is 8.78 Å². The summed E-state index contributed by atoms with van der Waals surface area (Å²) in [6.07, 6.45) is 0.672. The van der Waals surface area contributed by atoms with Crippen molar-refractivity contribution >= 4 is 17.7 Å². The van der Waals surface area contributed by atoms with Gasteiger partial charge in [0.2, 0.25) is 5.75 Å². The Bertz CT molecular complexity index is 1330. The molecule has 0 aliphatic carbocycles. The van der Waals surface area contributed by atoms with Crippen LogP contribution < -0.4 is 16.2 Å². The van der Waals surface area contributed by atoms with E-state index in [2.05, 4.69) is 15.6 Å². The van der Waals surface area contributed by atoms with Crippen molar-refractivity contribution in [2.45, 2.75) is 70.8 Å². The Balaban J connectivity index is 1.65. The zero-order valence-electron chi connectivity index (χ0n) is 21.4. The number of fused-ring (bicyclic) bond motifs is 1. The molecular weight excluding hydrogens is 500 g/mol. The van der Waals surface area contributed by atoms with E-state index >= 15 is 0 Å². The van der Waals surface area contributed by atoms with Gasteiger partial charge in [0.25, 0.3) is 11.5 Å². The number of aromatic hydroxyl groups is 1. The Morgan fingerprint density at radius 2 is 2.00 bits per heavy atom. The molecule has 12 heteroatoms. The summed E-state index contributed by atoms with van der Waals surface area (Å²) < 4.78 is 28.4. The summed E-state index contributed by atoms with van der Waals surface area (Å²) in [4.78, 5) is 57.3. The van der Waals surface area contributed by atoms with Crippen molar-refractivity contribution in [3.05, 3.63) is 57.0 Å². The summed E-state index contributed by atoms with van der Waals surface area (Å²) in [5.74, 6) is -3.80. The smallest absolute Gasteiger partial charge is 0.312 e. The van der Waals surface area contributed by atoms with Gasteiger partial charge in [0.15, 0.2) is 5.69 Å². The molecule has 38 heavy (non-hydrogen) atoms. The molecule has 1 aromatic carbocycles. The van der Waals surface area contributed by atoms with Crippen molar-refractivity contribution in [3.63, 3.8) is 0 Å². The topological polar surface area (TPSA) is 134 Å². The summed E-state index contributed by atoms with van der Waals surface area (Å²) in [7, 11) is 0. The van der Waals surface area contributed by atoms with Gasteiger partial charge in [-0.3, -0.25) is 23.7 Å². The molecule has 1 aromatic heterocycles. The summed E-state index contributed by atoms with van der Waals surface area (Å²) in [5.41, 5.74) is -1.61. The minimum Gasteiger partial charge on any atom is -0.501 e. The molecule has 4 rings (SSSR count). The summed E-state index contributed by atoms with van der Waals surface area (Å²) in [5, 5.41) is 15.9. The number of benzene rings is 1. The maximum atomic E-state index is 13.6. The van der Waals surface area contributed by atoms with Gasteiger partial charge in [-0.2, -0.15) is 0 Å². The van der Waals surface area contributed by atoms with Gasteiger partial charge in [-0.15, -0.1) is 0 Å². The zero-order valence-corrected chi connectivity index (χ0v) is 21.4. The third kappa shape index (κ3) is 5.25. The van der Waals surface area contributed by atoms with Crippen molar-refractivity contribution in [2.24, 2.45) is 0 Å². The van der Waals surface area contributed by atoms with Gasteiger partial charge >= 0.3 is 11.8 Å². The number of alkyl halides is 1. The highest BCUT2D eigenvalue weighted by atomic mass is 19.1. The first-order valence-corrected chi connectivity index (χ1v) is 12.7. The number of rotatable bonds is 5. The molecule has 204 valence electrons. The van der Waals surface area contributed by atoms with Crippen molar-refractivity contribution in [1.29, 1.82) is 0 Å². The number of aryl methyl sites for hydroxylation is 1. The van der Waals surface area contributed by atoms with E-state index in [-0.39, 0.29) is 50.7 Å². The van der Waals surface area contributed by atoms with Crippen molar-refractivity contribution in [3.8, 4) is 5.75 Å². The Labute approximate surface area is 218 Å². The molecule has 2 aliphatic rings. The number of hydrogen-bond donors (Lipinski definition) is 3. The van der Waals surface area contributed by atoms with Crippen LogP contribution in [-0.2, 0) is 28.2 Å². The first kappa shape index (κ1) is 27.2. The second kappa shape index (κ2) is 10.9. The highest BCUT2D eigenvalue weighted by Crippen LogP contribution is 2.33. The van der Waals surface area contributed by atoms with Crippen LogP contribution in [0.2, 0.25) is 0 Å². The molecule has 3 heterocycles. The summed E-state index contributed by atoms with van der Waals surface area (Å²) in [6, 6.07) is 4.34. The van der Waals surface area contributed by atoms with E-state index in [4.69, 9.17) is 0 Å². The van der Waals surface area contributed by atoms with Gasteiger partial charge in [-0.25, -0.2) is 13.8 Å². The summed E-state index contributed by atoms with van der Waals surface area (Å²) in [6.45, 7) is 3.51. The average molecular weight is 532 g/mol. The largest absolute Gasteiger partial charge is 0.501 e. The SMILES string of the molecule is CCC1(NC(=O)C(=O)N2CC[C@@H](F)C2)CCCCn2c1nc(C(=O)NCc1ccc(F)c(C)c1)c(O)c2=O. The average Bonchev–Trinajstić information content (AvgIpc) is 3.25. The Morgan fingerprint density at radius 3 is 2.66 bits per heavy atom. The van der Waals surface area contributed by atoms with E-state index < -0.39 is 46.4 Å². The van der Waals surface area contributed by atoms with Crippen LogP contribution in [0.3, 0.4) is 0 Å². The fourth-order valence-electron chi connectivity index (χ4n) is 5.03. The van der Waals surface area contributed by atoms with E-state index in [0.717, 1.165) is 4.90 Å². The lowest BCUT2D eigenvalue weighted by atomic mass is 9.89. The minimum atomic E-state index is -1.27. The number of hydrogen-bond acceptors (Lipinski definition) is 6. The van der Waals surface area contributed by atoms with Crippen LogP contribution in [0, 0.1) is 12.7 Å². The number of carbonyl (C=O) groups is 3. The van der Waals surface area contributed by atoms with Crippen molar-refractivity contribution < 1.29 is 28.3 Å². The molecule has 0 radical (unpaired) electrons. The second-order valence-corrected chi connectivity index (χ2v) is 9.84. The highest BCUT2D eigenvalue weighted by Gasteiger charge is 2.42. The monoisotopic (exact) mass is 531 g/mol. The van der Waals surface area contributed by atoms with Gasteiger partial charge in [-0.05, 0) is 56.2 Å². The fourth-order valence-corrected chi connectivity index (χ4v) is 5.03. The van der Waals surface area contributed by atoms with Crippen LogP contribution in [0.1, 0.15) is 66.5 Å². The van der Waals surface area contributed by atoms with E-state index in [1.54, 1.807) is 19.9 Å². The summed E-state index contributed by atoms with van der Waals surface area (Å²) >= 11 is 0. The number of nitrogens with one attached hydrogen (secondary N) is 2. The number of amides is 3. The fraction of sp³-hybridized carbons (Fsp3) is 0.500. The number of nitrogens with zero attached hydrogens (tertiary/aromatic N) is 3. The van der Waals surface area contributed by atoms with Crippen LogP contribution in [0.5, 0.6) is 5.75 Å². The predicted octanol–water partition coefficient (Wildman–Crippen LogP) is 1.80. The van der Waals surface area contributed by atoms with Crippen LogP contribution >= 0.6 is 0 Å². The molecule has 10 nitrogen and oxygen atoms in total. The molecule has 1 fully saturated rings. The lowest BCUT2D eigenvalue weighted by Gasteiger charge is -2.34. The predicted molar refractivity (Wildman–Crippen MR) is 133 cm³/mol. The third-order valence-corrected chi connectivity index (χ3v) is 7.27. The maximum absolute atomic E-state index is 13.6. The third-order valence-electron chi connectivity index (χ3n) is 7.27. The van der Waals surface area contributed by atoms with Gasteiger partial charge in [0, 0.05) is 19.6 Å². The van der Waals surface area contributed by atoms with E-state index in [1.165, 1.54) is 16.7 Å². The van der Waals surface area contributed by atoms with Gasteiger partial charge in [0.1, 0.15) is 17.8 Å². The lowest BCUT2D eigenvalue weighted by Crippen LogP contribution is -2.53. The number of carbonyl (C=O) groups excluding carboxylic acids is 3. The first-order chi connectivity index (χ1) is 18.1. The maximum Gasteiger partial charge on any atom is 0.312 e. The molecule has 2 aliphatic heterocycles. The number of likely N-dealkylation sites (tertiary alicyclic amines) is 1. The molecule has 2 atom stereocenters. The van der Waals surface area contributed by atoms with Gasteiger partial charge in [-0.1, -0.05) is 19.1 Å². The Hall–Kier alpha value is -3.83. The van der Waals surface area contributed by atoms with Crippen molar-refractivity contribution in [2.75, 3.05) is 13.1 Å². The molecule has 0 saturated carbocycles. The standard InChI is InChI=1S/C26H31F2N5O5/c1-3-26(31-22(36)24(38)32-11-8-17(27)14-32)9-4-5-10-33-23(37)20(34)19(30-25(26)33)21(35)29-13-16-6-7-18(28)15(2)12-16/h6-7,12,17,34H,3-5,8-11,13-14H2,1-2H3,(H,29,35)(H,31,36)/t17-,26?/m1/s1. The normalized spacial score (nSPS) is 20.9. The number of aromatic nitrogens is 2. The number of halogens is 2. The molecule has 1 unspecified atom stereocenters. The molecule has 0 bridgehead atoms. The molecule has 2 aromatic rings. The molecule has 3 amide bonds. The quantitative estimate of drug-likeness (QED) is 0.504. The molecule has 0 spiro atoms. The Morgan fingerprint density at radius 1 is 1.24 bits per heavy atom.